The number of allylic oxidation sites excluding steroid dienone is 1. The monoisotopic (exact) mass is 191 g/mol. The van der Waals surface area contributed by atoms with E-state index in [4.69, 9.17) is 5.73 Å². The topological polar surface area (TPSA) is 26.0 Å². The summed E-state index contributed by atoms with van der Waals surface area (Å²) in [5, 5.41) is 0. The molecule has 3 fully saturated rings. The highest BCUT2D eigenvalue weighted by atomic mass is 14.7. The van der Waals surface area contributed by atoms with Gasteiger partial charge in [0.25, 0.3) is 0 Å². The smallest absolute Gasteiger partial charge is 0.00390 e. The summed E-state index contributed by atoms with van der Waals surface area (Å²) in [4.78, 5) is 0. The third-order valence-electron chi connectivity index (χ3n) is 5.19. The van der Waals surface area contributed by atoms with Gasteiger partial charge in [-0.15, -0.1) is 6.58 Å². The zero-order valence-corrected chi connectivity index (χ0v) is 8.91. The summed E-state index contributed by atoms with van der Waals surface area (Å²) < 4.78 is 0. The number of rotatable bonds is 1. The summed E-state index contributed by atoms with van der Waals surface area (Å²) >= 11 is 0. The Morgan fingerprint density at radius 1 is 1.07 bits per heavy atom. The first-order valence-corrected chi connectivity index (χ1v) is 6.14. The van der Waals surface area contributed by atoms with Crippen LogP contribution in [0.3, 0.4) is 0 Å². The van der Waals surface area contributed by atoms with Gasteiger partial charge in [0, 0.05) is 6.04 Å². The summed E-state index contributed by atoms with van der Waals surface area (Å²) in [6.45, 7) is 4.03. The van der Waals surface area contributed by atoms with E-state index >= 15 is 0 Å². The van der Waals surface area contributed by atoms with Gasteiger partial charge in [0.15, 0.2) is 0 Å². The molecule has 0 aromatic carbocycles. The van der Waals surface area contributed by atoms with E-state index in [1.807, 2.05) is 0 Å². The minimum atomic E-state index is 0.496. The summed E-state index contributed by atoms with van der Waals surface area (Å²) in [5.41, 5.74) is 6.65. The van der Waals surface area contributed by atoms with Gasteiger partial charge >= 0.3 is 0 Å². The predicted molar refractivity (Wildman–Crippen MR) is 58.8 cm³/mol. The van der Waals surface area contributed by atoms with Gasteiger partial charge in [-0.05, 0) is 61.7 Å². The van der Waals surface area contributed by atoms with Crippen LogP contribution in [0.25, 0.3) is 0 Å². The van der Waals surface area contributed by atoms with Gasteiger partial charge in [-0.1, -0.05) is 6.08 Å². The molecule has 2 atom stereocenters. The lowest BCUT2D eigenvalue weighted by Gasteiger charge is -2.68. The van der Waals surface area contributed by atoms with Crippen LogP contribution in [0.4, 0.5) is 0 Å². The highest BCUT2D eigenvalue weighted by Gasteiger charge is 2.62. The van der Waals surface area contributed by atoms with E-state index in [1.54, 1.807) is 0 Å². The third-order valence-corrected chi connectivity index (χ3v) is 5.19. The highest BCUT2D eigenvalue weighted by molar-refractivity contribution is 5.19. The van der Waals surface area contributed by atoms with Crippen molar-refractivity contribution in [3.05, 3.63) is 12.7 Å². The molecule has 78 valence electrons. The molecule has 3 saturated carbocycles. The molecular formula is C13H21N. The van der Waals surface area contributed by atoms with Crippen LogP contribution >= 0.6 is 0 Å². The van der Waals surface area contributed by atoms with Gasteiger partial charge < -0.3 is 5.73 Å². The molecule has 0 amide bonds. The molecule has 2 unspecified atom stereocenters. The van der Waals surface area contributed by atoms with Crippen LogP contribution in [0.2, 0.25) is 0 Å². The van der Waals surface area contributed by atoms with Crippen molar-refractivity contribution in [2.24, 2.45) is 28.9 Å². The average Bonchev–Trinajstić information content (AvgIpc) is 2.16. The molecule has 0 bridgehead atoms. The van der Waals surface area contributed by atoms with Crippen molar-refractivity contribution >= 4 is 0 Å². The fourth-order valence-electron chi connectivity index (χ4n) is 4.46. The molecule has 0 aromatic heterocycles. The van der Waals surface area contributed by atoms with Crippen LogP contribution in [0.1, 0.15) is 38.5 Å². The van der Waals surface area contributed by atoms with Crippen LogP contribution in [0.15, 0.2) is 12.7 Å². The van der Waals surface area contributed by atoms with E-state index in [-0.39, 0.29) is 0 Å². The zero-order valence-electron chi connectivity index (χ0n) is 8.91. The first kappa shape index (κ1) is 8.96. The Labute approximate surface area is 86.8 Å². The average molecular weight is 191 g/mol. The third kappa shape index (κ3) is 0.995. The fourth-order valence-corrected chi connectivity index (χ4v) is 4.46. The van der Waals surface area contributed by atoms with Crippen molar-refractivity contribution in [3.8, 4) is 0 Å². The molecule has 1 nitrogen and oxygen atoms in total. The molecule has 3 aliphatic carbocycles. The quantitative estimate of drug-likeness (QED) is 0.634. The predicted octanol–water partition coefficient (Wildman–Crippen LogP) is 2.72. The summed E-state index contributed by atoms with van der Waals surface area (Å²) in [6, 6.07) is 0.496. The molecule has 0 spiro atoms. The highest BCUT2D eigenvalue weighted by Crippen LogP contribution is 2.70. The second-order valence-corrected chi connectivity index (χ2v) is 5.81. The van der Waals surface area contributed by atoms with E-state index in [9.17, 15) is 0 Å². The molecule has 0 aromatic rings. The lowest BCUT2D eigenvalue weighted by Crippen LogP contribution is -2.60. The SMILES string of the molecule is C=CC12CC3CCC(N)CCC(C1)C32. The van der Waals surface area contributed by atoms with Crippen molar-refractivity contribution in [3.63, 3.8) is 0 Å². The van der Waals surface area contributed by atoms with Crippen molar-refractivity contribution in [2.75, 3.05) is 0 Å². The van der Waals surface area contributed by atoms with Crippen molar-refractivity contribution in [1.82, 2.24) is 0 Å². The summed E-state index contributed by atoms with van der Waals surface area (Å²) in [5.74, 6) is 3.00. The molecule has 0 heterocycles. The molecular weight excluding hydrogens is 170 g/mol. The second-order valence-electron chi connectivity index (χ2n) is 5.81. The van der Waals surface area contributed by atoms with Crippen LogP contribution in [0.5, 0.6) is 0 Å². The maximum Gasteiger partial charge on any atom is 0.00390 e. The molecule has 0 saturated heterocycles. The van der Waals surface area contributed by atoms with Gasteiger partial charge in [0.2, 0.25) is 0 Å². The fraction of sp³-hybridized carbons (Fsp3) is 0.846. The summed E-state index contributed by atoms with van der Waals surface area (Å²) in [7, 11) is 0. The maximum atomic E-state index is 6.06. The molecule has 14 heavy (non-hydrogen) atoms. The molecule has 1 heteroatoms. The van der Waals surface area contributed by atoms with Gasteiger partial charge in [0.1, 0.15) is 0 Å². The first-order valence-electron chi connectivity index (χ1n) is 6.14. The zero-order chi connectivity index (χ0) is 9.76. The first-order chi connectivity index (χ1) is 6.75. The Morgan fingerprint density at radius 3 is 2.14 bits per heavy atom. The van der Waals surface area contributed by atoms with Gasteiger partial charge in [-0.2, -0.15) is 0 Å². The van der Waals surface area contributed by atoms with Crippen molar-refractivity contribution in [2.45, 2.75) is 44.6 Å². The Balaban J connectivity index is 1.74. The lowest BCUT2D eigenvalue weighted by atomic mass is 9.37. The van der Waals surface area contributed by atoms with E-state index in [2.05, 4.69) is 12.7 Å². The molecule has 2 N–H and O–H groups in total. The van der Waals surface area contributed by atoms with Crippen molar-refractivity contribution in [1.29, 1.82) is 0 Å². The Hall–Kier alpha value is -0.300. The Morgan fingerprint density at radius 2 is 1.64 bits per heavy atom. The Bertz CT molecular complexity index is 240. The normalized spacial score (nSPS) is 55.8. The van der Waals surface area contributed by atoms with Gasteiger partial charge in [-0.3, -0.25) is 0 Å². The van der Waals surface area contributed by atoms with Crippen LogP contribution < -0.4 is 5.73 Å². The maximum absolute atomic E-state index is 6.06. The molecule has 3 aliphatic rings. The standard InChI is InChI=1S/C13H21N/c1-2-13-7-9-3-5-11(14)6-4-10(8-13)12(9)13/h2,9-12H,1,3-8,14H2. The van der Waals surface area contributed by atoms with Crippen molar-refractivity contribution < 1.29 is 0 Å². The molecule has 0 radical (unpaired) electrons. The van der Waals surface area contributed by atoms with Gasteiger partial charge in [-0.25, -0.2) is 0 Å². The number of hydrogen-bond acceptors (Lipinski definition) is 1. The molecule has 0 aliphatic heterocycles. The van der Waals surface area contributed by atoms with E-state index in [0.717, 1.165) is 17.8 Å². The van der Waals surface area contributed by atoms with E-state index in [0.29, 0.717) is 11.5 Å². The van der Waals surface area contributed by atoms with Crippen LogP contribution in [-0.4, -0.2) is 6.04 Å². The van der Waals surface area contributed by atoms with E-state index in [1.165, 1.54) is 38.5 Å². The largest absolute Gasteiger partial charge is 0.328 e. The number of nitrogens with two attached hydrogens (primary N) is 1. The lowest BCUT2D eigenvalue weighted by molar-refractivity contribution is -0.162. The van der Waals surface area contributed by atoms with Crippen LogP contribution in [0, 0.1) is 23.2 Å². The second kappa shape index (κ2) is 2.85. The number of hydrogen-bond donors (Lipinski definition) is 1. The summed E-state index contributed by atoms with van der Waals surface area (Å²) in [6.07, 6.45) is 10.4. The van der Waals surface area contributed by atoms with Gasteiger partial charge in [0.05, 0.1) is 0 Å². The minimum Gasteiger partial charge on any atom is -0.328 e. The molecule has 3 rings (SSSR count). The Kier molecular flexibility index (Phi) is 1.82. The minimum absolute atomic E-state index is 0.496. The van der Waals surface area contributed by atoms with E-state index < -0.39 is 0 Å². The van der Waals surface area contributed by atoms with Crippen LogP contribution in [-0.2, 0) is 0 Å².